The summed E-state index contributed by atoms with van der Waals surface area (Å²) in [7, 11) is 3.42. The topological polar surface area (TPSA) is 52.6 Å². The van der Waals surface area contributed by atoms with Crippen molar-refractivity contribution in [2.24, 2.45) is 0 Å². The molecule has 0 amide bonds. The first-order valence-corrected chi connectivity index (χ1v) is 8.61. The molecular weight excluding hydrogens is 316 g/mol. The maximum absolute atomic E-state index is 6.00. The molecule has 0 spiro atoms. The Kier molecular flexibility index (Phi) is 5.56. The zero-order valence-electron chi connectivity index (χ0n) is 15.4. The molecule has 1 aliphatic heterocycles. The van der Waals surface area contributed by atoms with Crippen LogP contribution in [0.3, 0.4) is 0 Å². The molecule has 5 nitrogen and oxygen atoms in total. The van der Waals surface area contributed by atoms with Crippen molar-refractivity contribution in [2.45, 2.75) is 32.9 Å². The molecule has 0 radical (unpaired) electrons. The highest BCUT2D eigenvalue weighted by Gasteiger charge is 2.20. The summed E-state index contributed by atoms with van der Waals surface area (Å²) in [6, 6.07) is 6.55. The van der Waals surface area contributed by atoms with Crippen molar-refractivity contribution in [3.05, 3.63) is 52.3 Å². The summed E-state index contributed by atoms with van der Waals surface area (Å²) >= 11 is 0. The van der Waals surface area contributed by atoms with Crippen molar-refractivity contribution in [2.75, 3.05) is 27.4 Å². The average molecular weight is 342 g/mol. The van der Waals surface area contributed by atoms with E-state index in [1.54, 1.807) is 14.2 Å². The molecular formula is C20H26N2O3. The third-order valence-corrected chi connectivity index (χ3v) is 4.73. The summed E-state index contributed by atoms with van der Waals surface area (Å²) in [6.45, 7) is 6.09. The van der Waals surface area contributed by atoms with Crippen LogP contribution in [0.5, 0.6) is 11.5 Å². The van der Waals surface area contributed by atoms with E-state index in [1.807, 2.05) is 26.1 Å². The van der Waals surface area contributed by atoms with Gasteiger partial charge in [-0.1, -0.05) is 6.07 Å². The maximum Gasteiger partial charge on any atom is 0.131 e. The van der Waals surface area contributed by atoms with Crippen LogP contribution in [-0.4, -0.2) is 32.4 Å². The van der Waals surface area contributed by atoms with Gasteiger partial charge in [-0.15, -0.1) is 0 Å². The van der Waals surface area contributed by atoms with Gasteiger partial charge in [-0.3, -0.25) is 4.98 Å². The lowest BCUT2D eigenvalue weighted by Gasteiger charge is -2.26. The monoisotopic (exact) mass is 342 g/mol. The minimum atomic E-state index is 0.257. The molecule has 3 rings (SSSR count). The molecule has 1 atom stereocenters. The quantitative estimate of drug-likeness (QED) is 0.874. The molecule has 0 unspecified atom stereocenters. The van der Waals surface area contributed by atoms with Gasteiger partial charge in [0.15, 0.2) is 0 Å². The molecule has 0 saturated carbocycles. The van der Waals surface area contributed by atoms with E-state index < -0.39 is 0 Å². The molecule has 0 bridgehead atoms. The number of nitrogens with one attached hydrogen (secondary N) is 1. The van der Waals surface area contributed by atoms with Crippen molar-refractivity contribution in [1.82, 2.24) is 10.3 Å². The number of nitrogens with zero attached hydrogens (tertiary/aromatic N) is 1. The fourth-order valence-electron chi connectivity index (χ4n) is 3.40. The van der Waals surface area contributed by atoms with Gasteiger partial charge >= 0.3 is 0 Å². The Morgan fingerprint density at radius 2 is 2.08 bits per heavy atom. The minimum Gasteiger partial charge on any atom is -0.496 e. The zero-order chi connectivity index (χ0) is 17.8. The standard InChI is InChI=1S/C20H26N2O3/c1-13-10-22-18(14(2)20(13)24-4)12-25-16-5-6-17-15(9-16)7-8-21-19(17)11-23-3/h5-6,9-10,19,21H,7-8,11-12H2,1-4H3/t19-/m0/s1. The van der Waals surface area contributed by atoms with E-state index >= 15 is 0 Å². The second kappa shape index (κ2) is 7.85. The lowest BCUT2D eigenvalue weighted by Crippen LogP contribution is -2.32. The van der Waals surface area contributed by atoms with Gasteiger partial charge in [-0.05, 0) is 50.1 Å². The third-order valence-electron chi connectivity index (χ3n) is 4.73. The second-order valence-electron chi connectivity index (χ2n) is 6.41. The fourth-order valence-corrected chi connectivity index (χ4v) is 3.40. The predicted molar refractivity (Wildman–Crippen MR) is 97.4 cm³/mol. The Labute approximate surface area is 149 Å². The van der Waals surface area contributed by atoms with Gasteiger partial charge in [-0.2, -0.15) is 0 Å². The number of rotatable bonds is 6. The molecule has 1 aromatic carbocycles. The zero-order valence-corrected chi connectivity index (χ0v) is 15.4. The molecule has 5 heteroatoms. The van der Waals surface area contributed by atoms with Crippen LogP contribution in [-0.2, 0) is 17.8 Å². The summed E-state index contributed by atoms with van der Waals surface area (Å²) in [5, 5.41) is 3.49. The lowest BCUT2D eigenvalue weighted by molar-refractivity contribution is 0.164. The van der Waals surface area contributed by atoms with Crippen LogP contribution >= 0.6 is 0 Å². The van der Waals surface area contributed by atoms with Crippen LogP contribution < -0.4 is 14.8 Å². The molecule has 2 aromatic rings. The van der Waals surface area contributed by atoms with Crippen LogP contribution in [0.2, 0.25) is 0 Å². The SMILES string of the molecule is COC[C@@H]1NCCc2cc(OCc3ncc(C)c(OC)c3C)ccc21. The third kappa shape index (κ3) is 3.78. The van der Waals surface area contributed by atoms with Crippen molar-refractivity contribution >= 4 is 0 Å². The minimum absolute atomic E-state index is 0.257. The first-order valence-electron chi connectivity index (χ1n) is 8.61. The number of hydrogen-bond acceptors (Lipinski definition) is 5. The van der Waals surface area contributed by atoms with Gasteiger partial charge in [0.1, 0.15) is 18.1 Å². The Balaban J connectivity index is 1.74. The van der Waals surface area contributed by atoms with Gasteiger partial charge in [0.25, 0.3) is 0 Å². The Morgan fingerprint density at radius 3 is 2.84 bits per heavy atom. The van der Waals surface area contributed by atoms with Gasteiger partial charge in [0.05, 0.1) is 25.5 Å². The second-order valence-corrected chi connectivity index (χ2v) is 6.41. The summed E-state index contributed by atoms with van der Waals surface area (Å²) < 4.78 is 16.8. The molecule has 25 heavy (non-hydrogen) atoms. The van der Waals surface area contributed by atoms with Gasteiger partial charge < -0.3 is 19.5 Å². The lowest BCUT2D eigenvalue weighted by atomic mass is 9.94. The van der Waals surface area contributed by atoms with E-state index in [1.165, 1.54) is 11.1 Å². The van der Waals surface area contributed by atoms with E-state index in [0.717, 1.165) is 41.3 Å². The molecule has 1 N–H and O–H groups in total. The summed E-state index contributed by atoms with van der Waals surface area (Å²) in [5.41, 5.74) is 5.59. The molecule has 0 fully saturated rings. The van der Waals surface area contributed by atoms with Crippen LogP contribution in [0, 0.1) is 13.8 Å². The summed E-state index contributed by atoms with van der Waals surface area (Å²) in [6.07, 6.45) is 2.83. The molecule has 0 aliphatic carbocycles. The van der Waals surface area contributed by atoms with Crippen LogP contribution in [0.4, 0.5) is 0 Å². The van der Waals surface area contributed by atoms with E-state index in [4.69, 9.17) is 14.2 Å². The van der Waals surface area contributed by atoms with E-state index in [2.05, 4.69) is 22.4 Å². The molecule has 1 aliphatic rings. The van der Waals surface area contributed by atoms with Crippen LogP contribution in [0.1, 0.15) is 34.0 Å². The molecule has 134 valence electrons. The Hall–Kier alpha value is -2.11. The Morgan fingerprint density at radius 1 is 1.24 bits per heavy atom. The number of ether oxygens (including phenoxy) is 3. The number of aryl methyl sites for hydroxylation is 1. The Bertz CT molecular complexity index is 746. The largest absolute Gasteiger partial charge is 0.496 e. The van der Waals surface area contributed by atoms with Gasteiger partial charge in [-0.25, -0.2) is 0 Å². The molecule has 0 saturated heterocycles. The van der Waals surface area contributed by atoms with E-state index in [9.17, 15) is 0 Å². The predicted octanol–water partition coefficient (Wildman–Crippen LogP) is 3.12. The van der Waals surface area contributed by atoms with E-state index in [-0.39, 0.29) is 6.04 Å². The van der Waals surface area contributed by atoms with Crippen molar-refractivity contribution in [3.8, 4) is 11.5 Å². The number of aromatic nitrogens is 1. The van der Waals surface area contributed by atoms with Crippen LogP contribution in [0.25, 0.3) is 0 Å². The summed E-state index contributed by atoms with van der Waals surface area (Å²) in [5.74, 6) is 1.75. The van der Waals surface area contributed by atoms with Gasteiger partial charge in [0, 0.05) is 24.4 Å². The highest BCUT2D eigenvalue weighted by Crippen LogP contribution is 2.28. The molecule has 2 heterocycles. The maximum atomic E-state index is 6.00. The number of fused-ring (bicyclic) bond motifs is 1. The number of methoxy groups -OCH3 is 2. The smallest absolute Gasteiger partial charge is 0.131 e. The van der Waals surface area contributed by atoms with Crippen molar-refractivity contribution < 1.29 is 14.2 Å². The van der Waals surface area contributed by atoms with Crippen molar-refractivity contribution in [3.63, 3.8) is 0 Å². The number of benzene rings is 1. The van der Waals surface area contributed by atoms with Crippen molar-refractivity contribution in [1.29, 1.82) is 0 Å². The first kappa shape index (κ1) is 17.7. The molecule has 1 aromatic heterocycles. The average Bonchev–Trinajstić information content (AvgIpc) is 2.62. The van der Waals surface area contributed by atoms with Gasteiger partial charge in [0.2, 0.25) is 0 Å². The van der Waals surface area contributed by atoms with Crippen LogP contribution in [0.15, 0.2) is 24.4 Å². The summed E-state index contributed by atoms with van der Waals surface area (Å²) in [4.78, 5) is 4.49. The fraction of sp³-hybridized carbons (Fsp3) is 0.450. The van der Waals surface area contributed by atoms with E-state index in [0.29, 0.717) is 13.2 Å². The highest BCUT2D eigenvalue weighted by atomic mass is 16.5. The highest BCUT2D eigenvalue weighted by molar-refractivity contribution is 5.42. The normalized spacial score (nSPS) is 16.4. The first-order chi connectivity index (χ1) is 12.1. The number of pyridine rings is 1. The number of hydrogen-bond donors (Lipinski definition) is 1.